The summed E-state index contributed by atoms with van der Waals surface area (Å²) in [7, 11) is 0. The number of benzene rings is 3. The molecule has 0 aliphatic rings. The van der Waals surface area contributed by atoms with Crippen molar-refractivity contribution in [3.63, 3.8) is 0 Å². The number of phenols is 1. The molecule has 6 heteroatoms. The largest absolute Gasteiger partial charge is 0.508 e. The van der Waals surface area contributed by atoms with Crippen molar-refractivity contribution in [2.45, 2.75) is 20.3 Å². The van der Waals surface area contributed by atoms with Gasteiger partial charge in [0, 0.05) is 26.2 Å². The van der Waals surface area contributed by atoms with Crippen LogP contribution < -0.4 is 10.1 Å². The maximum absolute atomic E-state index is 13.6. The van der Waals surface area contributed by atoms with E-state index in [0.717, 1.165) is 52.0 Å². The lowest BCUT2D eigenvalue weighted by Gasteiger charge is -2.10. The zero-order valence-electron chi connectivity index (χ0n) is 18.7. The quantitative estimate of drug-likeness (QED) is 0.204. The molecule has 0 spiro atoms. The summed E-state index contributed by atoms with van der Waals surface area (Å²) in [5, 5.41) is 14.7. The fourth-order valence-electron chi connectivity index (χ4n) is 3.77. The van der Waals surface area contributed by atoms with Crippen LogP contribution in [0.5, 0.6) is 11.5 Å². The molecule has 0 saturated heterocycles. The van der Waals surface area contributed by atoms with Gasteiger partial charge < -0.3 is 15.2 Å². The summed E-state index contributed by atoms with van der Waals surface area (Å²) in [5.74, 6) is 0.898. The van der Waals surface area contributed by atoms with Crippen molar-refractivity contribution in [3.05, 3.63) is 81.7 Å². The van der Waals surface area contributed by atoms with E-state index in [4.69, 9.17) is 16.3 Å². The molecule has 1 aromatic heterocycles. The van der Waals surface area contributed by atoms with E-state index in [2.05, 4.69) is 12.2 Å². The number of aryl methyl sites for hydroxylation is 1. The van der Waals surface area contributed by atoms with Crippen LogP contribution in [0.15, 0.2) is 60.7 Å². The van der Waals surface area contributed by atoms with Crippen molar-refractivity contribution < 1.29 is 14.6 Å². The Morgan fingerprint density at radius 2 is 1.88 bits per heavy atom. The summed E-state index contributed by atoms with van der Waals surface area (Å²) >= 11 is 7.58. The van der Waals surface area contributed by atoms with Gasteiger partial charge in [0.2, 0.25) is 5.78 Å². The zero-order chi connectivity index (χ0) is 23.4. The second-order valence-corrected chi connectivity index (χ2v) is 9.34. The summed E-state index contributed by atoms with van der Waals surface area (Å²) in [6, 6.07) is 18.4. The molecule has 4 nitrogen and oxygen atoms in total. The first-order valence-corrected chi connectivity index (χ1v) is 12.2. The summed E-state index contributed by atoms with van der Waals surface area (Å²) in [4.78, 5) is 14.2. The molecule has 0 fully saturated rings. The maximum atomic E-state index is 13.6. The molecule has 0 saturated carbocycles. The highest BCUT2D eigenvalue weighted by Crippen LogP contribution is 2.42. The third-order valence-corrected chi connectivity index (χ3v) is 6.87. The number of ketones is 1. The van der Waals surface area contributed by atoms with Crippen molar-refractivity contribution in [1.82, 2.24) is 5.32 Å². The van der Waals surface area contributed by atoms with Crippen LogP contribution in [0.25, 0.3) is 21.2 Å². The van der Waals surface area contributed by atoms with E-state index in [9.17, 15) is 9.90 Å². The van der Waals surface area contributed by atoms with Gasteiger partial charge in [0.1, 0.15) is 11.5 Å². The molecule has 0 amide bonds. The maximum Gasteiger partial charge on any atom is 0.203 e. The SMILES string of the molecule is CCNCCCOc1ccc(-c2c(C(=O)c3cc(Cl)ccc3C)sc3cc(O)ccc23)cc1. The van der Waals surface area contributed by atoms with Gasteiger partial charge in [0.25, 0.3) is 0 Å². The fourth-order valence-corrected chi connectivity index (χ4v) is 5.16. The van der Waals surface area contributed by atoms with Gasteiger partial charge in [-0.1, -0.05) is 36.7 Å². The van der Waals surface area contributed by atoms with E-state index >= 15 is 0 Å². The third-order valence-electron chi connectivity index (χ3n) is 5.48. The summed E-state index contributed by atoms with van der Waals surface area (Å²) in [6.07, 6.45) is 0.936. The van der Waals surface area contributed by atoms with Gasteiger partial charge in [-0.05, 0) is 80.0 Å². The summed E-state index contributed by atoms with van der Waals surface area (Å²) < 4.78 is 6.71. The molecule has 4 aromatic rings. The van der Waals surface area contributed by atoms with Gasteiger partial charge in [0.15, 0.2) is 0 Å². The van der Waals surface area contributed by atoms with Gasteiger partial charge in [-0.15, -0.1) is 11.3 Å². The van der Waals surface area contributed by atoms with Gasteiger partial charge in [-0.3, -0.25) is 4.79 Å². The van der Waals surface area contributed by atoms with E-state index in [1.54, 1.807) is 24.3 Å². The molecule has 0 aliphatic heterocycles. The molecule has 0 bridgehead atoms. The van der Waals surface area contributed by atoms with Crippen molar-refractivity contribution in [3.8, 4) is 22.6 Å². The monoisotopic (exact) mass is 479 g/mol. The Bertz CT molecular complexity index is 1280. The molecule has 0 unspecified atom stereocenters. The third kappa shape index (κ3) is 5.22. The Hall–Kier alpha value is -2.86. The standard InChI is InChI=1S/C27H26ClNO3S/c1-3-29-13-4-14-32-21-10-6-18(7-11-21)25-22-12-9-20(30)16-24(22)33-27(25)26(31)23-15-19(28)8-5-17(23)2/h5-12,15-16,29-30H,3-4,13-14H2,1-2H3. The van der Waals surface area contributed by atoms with E-state index < -0.39 is 0 Å². The second kappa shape index (κ2) is 10.4. The molecule has 0 atom stereocenters. The molecule has 0 aliphatic carbocycles. The average Bonchev–Trinajstić information content (AvgIpc) is 3.19. The number of carbonyl (C=O) groups excluding carboxylic acids is 1. The van der Waals surface area contributed by atoms with Crippen molar-refractivity contribution in [1.29, 1.82) is 0 Å². The fraction of sp³-hybridized carbons (Fsp3) is 0.222. The van der Waals surface area contributed by atoms with E-state index in [1.807, 2.05) is 43.3 Å². The van der Waals surface area contributed by atoms with E-state index in [1.165, 1.54) is 11.3 Å². The second-order valence-electron chi connectivity index (χ2n) is 7.85. The van der Waals surface area contributed by atoms with Crippen LogP contribution in [-0.4, -0.2) is 30.6 Å². The smallest absolute Gasteiger partial charge is 0.203 e. The van der Waals surface area contributed by atoms with Gasteiger partial charge in [-0.2, -0.15) is 0 Å². The molecular formula is C27H26ClNO3S. The molecule has 3 aromatic carbocycles. The lowest BCUT2D eigenvalue weighted by molar-refractivity contribution is 0.104. The summed E-state index contributed by atoms with van der Waals surface area (Å²) in [5.41, 5.74) is 3.24. The zero-order valence-corrected chi connectivity index (χ0v) is 20.2. The van der Waals surface area contributed by atoms with Crippen molar-refractivity contribution in [2.75, 3.05) is 19.7 Å². The van der Waals surface area contributed by atoms with Crippen LogP contribution in [-0.2, 0) is 0 Å². The molecule has 33 heavy (non-hydrogen) atoms. The van der Waals surface area contributed by atoms with Crippen LogP contribution in [0.4, 0.5) is 0 Å². The Kier molecular flexibility index (Phi) is 7.33. The first-order chi connectivity index (χ1) is 16.0. The number of phenolic OH excluding ortho intramolecular Hbond substituents is 1. The van der Waals surface area contributed by atoms with Gasteiger partial charge in [-0.25, -0.2) is 0 Å². The van der Waals surface area contributed by atoms with Crippen molar-refractivity contribution >= 4 is 38.8 Å². The van der Waals surface area contributed by atoms with Crippen molar-refractivity contribution in [2.24, 2.45) is 0 Å². The van der Waals surface area contributed by atoms with Crippen LogP contribution in [0.2, 0.25) is 5.02 Å². The van der Waals surface area contributed by atoms with Gasteiger partial charge >= 0.3 is 0 Å². The predicted octanol–water partition coefficient (Wildman–Crippen LogP) is 6.85. The lowest BCUT2D eigenvalue weighted by atomic mass is 9.96. The Morgan fingerprint density at radius 3 is 2.64 bits per heavy atom. The first-order valence-electron chi connectivity index (χ1n) is 11.0. The highest BCUT2D eigenvalue weighted by molar-refractivity contribution is 7.21. The number of rotatable bonds is 9. The Morgan fingerprint density at radius 1 is 1.09 bits per heavy atom. The van der Waals surface area contributed by atoms with E-state index in [-0.39, 0.29) is 11.5 Å². The number of hydrogen-bond donors (Lipinski definition) is 2. The highest BCUT2D eigenvalue weighted by atomic mass is 35.5. The Balaban J connectivity index is 1.71. The Labute approximate surface area is 202 Å². The average molecular weight is 480 g/mol. The molecule has 170 valence electrons. The van der Waals surface area contributed by atoms with Crippen LogP contribution in [0, 0.1) is 6.92 Å². The number of carbonyl (C=O) groups is 1. The number of fused-ring (bicyclic) bond motifs is 1. The van der Waals surface area contributed by atoms with Crippen LogP contribution in [0.3, 0.4) is 0 Å². The van der Waals surface area contributed by atoms with E-state index in [0.29, 0.717) is 22.1 Å². The number of halogens is 1. The van der Waals surface area contributed by atoms with Crippen LogP contribution in [0.1, 0.15) is 34.1 Å². The number of aromatic hydroxyl groups is 1. The molecular weight excluding hydrogens is 454 g/mol. The minimum atomic E-state index is -0.0746. The minimum absolute atomic E-state index is 0.0746. The minimum Gasteiger partial charge on any atom is -0.508 e. The molecule has 4 rings (SSSR count). The highest BCUT2D eigenvalue weighted by Gasteiger charge is 2.22. The molecule has 0 radical (unpaired) electrons. The normalized spacial score (nSPS) is 11.1. The number of nitrogens with one attached hydrogen (secondary N) is 1. The summed E-state index contributed by atoms with van der Waals surface area (Å²) in [6.45, 7) is 6.52. The number of ether oxygens (including phenoxy) is 1. The van der Waals surface area contributed by atoms with Gasteiger partial charge in [0.05, 0.1) is 11.5 Å². The number of thiophene rings is 1. The predicted molar refractivity (Wildman–Crippen MR) is 137 cm³/mol. The molecule has 2 N–H and O–H groups in total. The lowest BCUT2D eigenvalue weighted by Crippen LogP contribution is -2.16. The molecule has 1 heterocycles. The number of hydrogen-bond acceptors (Lipinski definition) is 5. The van der Waals surface area contributed by atoms with Crippen LogP contribution >= 0.6 is 22.9 Å². The first kappa shape index (κ1) is 23.3. The topological polar surface area (TPSA) is 58.6 Å².